The predicted octanol–water partition coefficient (Wildman–Crippen LogP) is 10.9. The molecule has 0 bridgehead atoms. The molecule has 7 aromatic rings. The Morgan fingerprint density at radius 1 is 0.524 bits per heavy atom. The summed E-state index contributed by atoms with van der Waals surface area (Å²) in [6.45, 7) is 12.3. The molecule has 0 N–H and O–H groups in total. The van der Waals surface area contributed by atoms with Crippen LogP contribution in [0.3, 0.4) is 0 Å². The summed E-state index contributed by atoms with van der Waals surface area (Å²) in [5, 5.41) is 14.5. The van der Waals surface area contributed by atoms with Crippen molar-refractivity contribution in [1.29, 1.82) is 0 Å². The van der Waals surface area contributed by atoms with E-state index in [4.69, 9.17) is 10.2 Å². The van der Waals surface area contributed by atoms with Crippen molar-refractivity contribution >= 4 is 49.6 Å². The van der Waals surface area contributed by atoms with Gasteiger partial charge in [0.2, 0.25) is 0 Å². The van der Waals surface area contributed by atoms with E-state index in [1.807, 2.05) is 27.7 Å². The molecule has 0 aliphatic heterocycles. The molecule has 0 aliphatic rings. The molecule has 0 radical (unpaired) electrons. The van der Waals surface area contributed by atoms with Crippen LogP contribution in [0.2, 0.25) is 0 Å². The number of aryl methyl sites for hydroxylation is 2. The van der Waals surface area contributed by atoms with Gasteiger partial charge in [-0.05, 0) is 72.6 Å². The van der Waals surface area contributed by atoms with Crippen molar-refractivity contribution in [3.63, 3.8) is 0 Å². The van der Waals surface area contributed by atoms with Gasteiger partial charge in [0.1, 0.15) is 11.0 Å². The van der Waals surface area contributed by atoms with Gasteiger partial charge in [-0.25, -0.2) is 0 Å². The molecule has 42 heavy (non-hydrogen) atoms. The smallest absolute Gasteiger partial charge is 0.115 e. The lowest BCUT2D eigenvalue weighted by Gasteiger charge is -2.27. The minimum atomic E-state index is 0.851. The maximum Gasteiger partial charge on any atom is 0.115 e. The maximum absolute atomic E-state index is 4.93. The normalized spacial score (nSPS) is 10.6. The first-order chi connectivity index (χ1) is 20.7. The van der Waals surface area contributed by atoms with Crippen LogP contribution in [0.5, 0.6) is 0 Å². The zero-order chi connectivity index (χ0) is 29.6. The lowest BCUT2D eigenvalue weighted by Crippen LogP contribution is -2.10. The van der Waals surface area contributed by atoms with E-state index in [0.29, 0.717) is 0 Å². The van der Waals surface area contributed by atoms with Gasteiger partial charge in [0.25, 0.3) is 0 Å². The number of aromatic nitrogens is 3. The Hall–Kier alpha value is -4.96. The Labute approximate surface area is 248 Å². The molecule has 0 atom stereocenters. The highest BCUT2D eigenvalue weighted by Crippen LogP contribution is 2.40. The van der Waals surface area contributed by atoms with E-state index in [9.17, 15) is 0 Å². The molecule has 6 aromatic carbocycles. The first-order valence-electron chi connectivity index (χ1n) is 14.9. The van der Waals surface area contributed by atoms with Gasteiger partial charge in [-0.2, -0.15) is 0 Å². The van der Waals surface area contributed by atoms with Crippen molar-refractivity contribution in [2.75, 3.05) is 4.90 Å². The SMILES string of the molecule is CC.CC.Cc1ccc(N(c2ccc3nn(-c4cccc5ccccc45)nc3c2)c2ccc(C)c3ccccc23)cc1. The molecule has 0 spiro atoms. The number of benzene rings is 6. The quantitative estimate of drug-likeness (QED) is 0.219. The standard InChI is InChI=1S/C34H26N4.2C2H6/c1-23-14-17-26(18-15-23)37(33-21-16-24(2)28-10-5-6-12-30(28)33)27-19-20-31-32(22-27)36-38(35-31)34-13-7-9-25-8-3-4-11-29(25)34;2*1-2/h3-22H,1-2H3;2*1-2H3. The molecule has 0 fully saturated rings. The van der Waals surface area contributed by atoms with Crippen LogP contribution in [-0.2, 0) is 0 Å². The number of anilines is 3. The van der Waals surface area contributed by atoms with Gasteiger partial charge in [0.05, 0.1) is 11.4 Å². The van der Waals surface area contributed by atoms with Crippen LogP contribution < -0.4 is 4.90 Å². The third kappa shape index (κ3) is 5.36. The van der Waals surface area contributed by atoms with Gasteiger partial charge in [-0.3, -0.25) is 0 Å². The van der Waals surface area contributed by atoms with Gasteiger partial charge in [-0.15, -0.1) is 15.0 Å². The maximum atomic E-state index is 4.93. The van der Waals surface area contributed by atoms with E-state index in [1.54, 1.807) is 4.80 Å². The van der Waals surface area contributed by atoms with Gasteiger partial charge in [0.15, 0.2) is 0 Å². The fourth-order valence-electron chi connectivity index (χ4n) is 5.28. The summed E-state index contributed by atoms with van der Waals surface area (Å²) in [6, 6.07) is 42.6. The molecule has 0 unspecified atom stereocenters. The second-order valence-electron chi connectivity index (χ2n) is 9.78. The van der Waals surface area contributed by atoms with Gasteiger partial charge >= 0.3 is 0 Å². The van der Waals surface area contributed by atoms with Crippen molar-refractivity contribution in [3.05, 3.63) is 132 Å². The average Bonchev–Trinajstić information content (AvgIpc) is 3.48. The molecule has 1 heterocycles. The monoisotopic (exact) mass is 550 g/mol. The third-order valence-electron chi connectivity index (χ3n) is 7.26. The summed E-state index contributed by atoms with van der Waals surface area (Å²) in [6.07, 6.45) is 0. The first-order valence-corrected chi connectivity index (χ1v) is 14.9. The minimum Gasteiger partial charge on any atom is -0.310 e. The third-order valence-corrected chi connectivity index (χ3v) is 7.26. The summed E-state index contributed by atoms with van der Waals surface area (Å²) in [5.74, 6) is 0. The number of fused-ring (bicyclic) bond motifs is 3. The summed E-state index contributed by atoms with van der Waals surface area (Å²) in [7, 11) is 0. The van der Waals surface area contributed by atoms with Crippen LogP contribution in [-0.4, -0.2) is 15.0 Å². The summed E-state index contributed by atoms with van der Waals surface area (Å²) in [4.78, 5) is 4.08. The number of hydrogen-bond acceptors (Lipinski definition) is 3. The predicted molar refractivity (Wildman–Crippen MR) is 181 cm³/mol. The van der Waals surface area contributed by atoms with Gasteiger partial charge in [-0.1, -0.05) is 112 Å². The number of rotatable bonds is 4. The molecule has 4 heteroatoms. The van der Waals surface area contributed by atoms with Crippen LogP contribution in [0, 0.1) is 13.8 Å². The van der Waals surface area contributed by atoms with Crippen molar-refractivity contribution in [2.45, 2.75) is 41.5 Å². The Kier molecular flexibility index (Phi) is 8.63. The molecule has 1 aromatic heterocycles. The average molecular weight is 551 g/mol. The van der Waals surface area contributed by atoms with Crippen molar-refractivity contribution in [3.8, 4) is 5.69 Å². The highest BCUT2D eigenvalue weighted by Gasteiger charge is 2.18. The van der Waals surface area contributed by atoms with Gasteiger partial charge < -0.3 is 4.90 Å². The fraction of sp³-hybridized carbons (Fsp3) is 0.158. The number of hydrogen-bond donors (Lipinski definition) is 0. The van der Waals surface area contributed by atoms with Crippen molar-refractivity contribution in [2.24, 2.45) is 0 Å². The molecule has 0 saturated heterocycles. The summed E-state index contributed by atoms with van der Waals surface area (Å²) < 4.78 is 0. The lowest BCUT2D eigenvalue weighted by molar-refractivity contribution is 0.771. The van der Waals surface area contributed by atoms with E-state index in [-0.39, 0.29) is 0 Å². The van der Waals surface area contributed by atoms with Crippen LogP contribution in [0.15, 0.2) is 121 Å². The van der Waals surface area contributed by atoms with E-state index in [2.05, 4.69) is 140 Å². The van der Waals surface area contributed by atoms with E-state index in [1.165, 1.54) is 27.3 Å². The Morgan fingerprint density at radius 3 is 1.90 bits per heavy atom. The zero-order valence-corrected chi connectivity index (χ0v) is 25.3. The largest absolute Gasteiger partial charge is 0.310 e. The van der Waals surface area contributed by atoms with E-state index < -0.39 is 0 Å². The highest BCUT2D eigenvalue weighted by molar-refractivity contribution is 6.01. The van der Waals surface area contributed by atoms with E-state index in [0.717, 1.165) is 39.2 Å². The van der Waals surface area contributed by atoms with Gasteiger partial charge in [0, 0.05) is 22.1 Å². The van der Waals surface area contributed by atoms with Crippen LogP contribution >= 0.6 is 0 Å². The molecular formula is C38H38N4. The van der Waals surface area contributed by atoms with E-state index >= 15 is 0 Å². The van der Waals surface area contributed by atoms with Crippen molar-refractivity contribution in [1.82, 2.24) is 15.0 Å². The Balaban J connectivity index is 0.000000847. The van der Waals surface area contributed by atoms with Crippen LogP contribution in [0.4, 0.5) is 17.1 Å². The highest BCUT2D eigenvalue weighted by atomic mass is 15.5. The molecule has 7 rings (SSSR count). The summed E-state index contributed by atoms with van der Waals surface area (Å²) in [5.41, 5.74) is 8.46. The zero-order valence-electron chi connectivity index (χ0n) is 25.3. The Morgan fingerprint density at radius 2 is 1.14 bits per heavy atom. The van der Waals surface area contributed by atoms with Crippen LogP contribution in [0.25, 0.3) is 38.3 Å². The molecule has 0 amide bonds. The topological polar surface area (TPSA) is 34.0 Å². The first kappa shape index (κ1) is 28.6. The van der Waals surface area contributed by atoms with Crippen LogP contribution in [0.1, 0.15) is 38.8 Å². The second-order valence-corrected chi connectivity index (χ2v) is 9.78. The fourth-order valence-corrected chi connectivity index (χ4v) is 5.28. The number of nitrogens with zero attached hydrogens (tertiary/aromatic N) is 4. The molecule has 0 saturated carbocycles. The lowest BCUT2D eigenvalue weighted by atomic mass is 10.0. The minimum absolute atomic E-state index is 0.851. The molecular weight excluding hydrogens is 512 g/mol. The van der Waals surface area contributed by atoms with Crippen molar-refractivity contribution < 1.29 is 0 Å². The molecule has 210 valence electrons. The molecule has 4 nitrogen and oxygen atoms in total. The molecule has 0 aliphatic carbocycles. The summed E-state index contributed by atoms with van der Waals surface area (Å²) >= 11 is 0. The Bertz CT molecular complexity index is 1950. The second kappa shape index (κ2) is 12.7.